The van der Waals surface area contributed by atoms with Crippen molar-refractivity contribution in [2.45, 2.75) is 20.5 Å². The van der Waals surface area contributed by atoms with Gasteiger partial charge in [0.15, 0.2) is 17.3 Å². The summed E-state index contributed by atoms with van der Waals surface area (Å²) in [7, 11) is 0. The van der Waals surface area contributed by atoms with Crippen molar-refractivity contribution < 1.29 is 27.2 Å². The number of nitrogens with one attached hydrogen (secondary N) is 1. The van der Waals surface area contributed by atoms with Gasteiger partial charge < -0.3 is 14.6 Å². The van der Waals surface area contributed by atoms with Crippen LogP contribution in [0.25, 0.3) is 0 Å². The number of aromatic nitrogens is 1. The average molecular weight is 376 g/mol. The van der Waals surface area contributed by atoms with Crippen LogP contribution in [0.15, 0.2) is 40.9 Å². The Morgan fingerprint density at radius 3 is 2.52 bits per heavy atom. The molecule has 1 N–H and O–H groups in total. The van der Waals surface area contributed by atoms with Crippen LogP contribution < -0.4 is 10.1 Å². The first kappa shape index (κ1) is 18.5. The maximum absolute atomic E-state index is 13.7. The summed E-state index contributed by atoms with van der Waals surface area (Å²) in [5.74, 6) is -2.44. The molecule has 3 aromatic rings. The molecule has 1 amide bonds. The lowest BCUT2D eigenvalue weighted by molar-refractivity contribution is 0.101. The van der Waals surface area contributed by atoms with Gasteiger partial charge in [-0.05, 0) is 49.7 Å². The van der Waals surface area contributed by atoms with Crippen LogP contribution >= 0.6 is 0 Å². The number of nitrogens with zero attached hydrogens (tertiary/aromatic N) is 1. The minimum absolute atomic E-state index is 0.0428. The number of rotatable bonds is 5. The summed E-state index contributed by atoms with van der Waals surface area (Å²) in [6.07, 6.45) is 0. The summed E-state index contributed by atoms with van der Waals surface area (Å²) >= 11 is 0. The van der Waals surface area contributed by atoms with Crippen molar-refractivity contribution in [1.29, 1.82) is 0 Å². The van der Waals surface area contributed by atoms with Gasteiger partial charge in [0.1, 0.15) is 24.0 Å². The highest BCUT2D eigenvalue weighted by Gasteiger charge is 2.21. The normalized spacial score (nSPS) is 10.7. The quantitative estimate of drug-likeness (QED) is 0.710. The number of ether oxygens (including phenoxy) is 1. The number of hydrogen-bond acceptors (Lipinski definition) is 4. The van der Waals surface area contributed by atoms with E-state index < -0.39 is 23.4 Å². The van der Waals surface area contributed by atoms with Gasteiger partial charge in [-0.1, -0.05) is 5.16 Å². The topological polar surface area (TPSA) is 64.4 Å². The molecule has 3 rings (SSSR count). The molecule has 0 bridgehead atoms. The summed E-state index contributed by atoms with van der Waals surface area (Å²) in [6.45, 7) is 3.02. The van der Waals surface area contributed by atoms with E-state index in [1.165, 1.54) is 18.2 Å². The first-order valence-corrected chi connectivity index (χ1v) is 7.95. The number of carbonyl (C=O) groups is 1. The third-order valence-electron chi connectivity index (χ3n) is 3.90. The number of benzene rings is 2. The highest BCUT2D eigenvalue weighted by molar-refractivity contribution is 6.04. The lowest BCUT2D eigenvalue weighted by Crippen LogP contribution is -2.16. The van der Waals surface area contributed by atoms with Crippen LogP contribution in [0.4, 0.5) is 18.9 Å². The summed E-state index contributed by atoms with van der Waals surface area (Å²) in [5.41, 5.74) is 1.22. The van der Waals surface area contributed by atoms with E-state index in [1.54, 1.807) is 13.8 Å². The minimum atomic E-state index is -0.864. The molecule has 0 unspecified atom stereocenters. The fraction of sp³-hybridized carbons (Fsp3) is 0.158. The van der Waals surface area contributed by atoms with E-state index in [1.807, 2.05) is 0 Å². The maximum atomic E-state index is 13.7. The molecule has 27 heavy (non-hydrogen) atoms. The van der Waals surface area contributed by atoms with Gasteiger partial charge in [-0.15, -0.1) is 0 Å². The largest absolute Gasteiger partial charge is 0.486 e. The van der Waals surface area contributed by atoms with Crippen molar-refractivity contribution in [2.75, 3.05) is 5.32 Å². The molecule has 0 saturated carbocycles. The van der Waals surface area contributed by atoms with Crippen molar-refractivity contribution in [3.8, 4) is 5.75 Å². The van der Waals surface area contributed by atoms with E-state index in [-0.39, 0.29) is 18.1 Å². The van der Waals surface area contributed by atoms with Crippen LogP contribution in [0.2, 0.25) is 0 Å². The van der Waals surface area contributed by atoms with Gasteiger partial charge in [0.05, 0.1) is 5.56 Å². The fourth-order valence-electron chi connectivity index (χ4n) is 2.43. The molecular weight excluding hydrogens is 361 g/mol. The van der Waals surface area contributed by atoms with Gasteiger partial charge in [-0.25, -0.2) is 13.2 Å². The highest BCUT2D eigenvalue weighted by atomic mass is 19.1. The van der Waals surface area contributed by atoms with Gasteiger partial charge in [0.2, 0.25) is 0 Å². The number of amides is 1. The zero-order valence-electron chi connectivity index (χ0n) is 14.5. The Morgan fingerprint density at radius 1 is 1.11 bits per heavy atom. The Morgan fingerprint density at radius 2 is 1.81 bits per heavy atom. The standard InChI is InChI=1S/C19H15F3N2O3/c1-10-7-12(20)3-5-16(10)23-19(25)18-14(11(2)27-24-18)9-26-17-6-4-13(21)8-15(17)22/h3-8H,9H2,1-2H3,(H,23,25). The molecule has 1 heterocycles. The maximum Gasteiger partial charge on any atom is 0.278 e. The van der Waals surface area contributed by atoms with E-state index in [0.717, 1.165) is 12.1 Å². The van der Waals surface area contributed by atoms with Crippen LogP contribution in [-0.2, 0) is 6.61 Å². The van der Waals surface area contributed by atoms with Gasteiger partial charge in [0, 0.05) is 11.8 Å². The van der Waals surface area contributed by atoms with Crippen molar-refractivity contribution >= 4 is 11.6 Å². The molecule has 0 saturated heterocycles. The van der Waals surface area contributed by atoms with Crippen LogP contribution in [0, 0.1) is 31.3 Å². The zero-order chi connectivity index (χ0) is 19.6. The first-order valence-electron chi connectivity index (χ1n) is 7.95. The van der Waals surface area contributed by atoms with Crippen LogP contribution in [0.5, 0.6) is 5.75 Å². The molecular formula is C19H15F3N2O3. The summed E-state index contributed by atoms with van der Waals surface area (Å²) in [5, 5.41) is 6.33. The number of carbonyl (C=O) groups excluding carboxylic acids is 1. The van der Waals surface area contributed by atoms with Crippen LogP contribution in [-0.4, -0.2) is 11.1 Å². The second-order valence-corrected chi connectivity index (χ2v) is 5.84. The summed E-state index contributed by atoms with van der Waals surface area (Å²) < 4.78 is 50.2. The van der Waals surface area contributed by atoms with Crippen LogP contribution in [0.3, 0.4) is 0 Å². The van der Waals surface area contributed by atoms with E-state index in [2.05, 4.69) is 10.5 Å². The molecule has 0 spiro atoms. The van der Waals surface area contributed by atoms with E-state index in [4.69, 9.17) is 9.26 Å². The Hall–Kier alpha value is -3.29. The predicted molar refractivity (Wildman–Crippen MR) is 91.0 cm³/mol. The minimum Gasteiger partial charge on any atom is -0.486 e. The average Bonchev–Trinajstić information content (AvgIpc) is 2.97. The molecule has 0 fully saturated rings. The third-order valence-corrected chi connectivity index (χ3v) is 3.90. The molecule has 0 radical (unpaired) electrons. The number of hydrogen-bond donors (Lipinski definition) is 1. The molecule has 0 aliphatic carbocycles. The van der Waals surface area contributed by atoms with Crippen molar-refractivity contribution in [2.24, 2.45) is 0 Å². The molecule has 5 nitrogen and oxygen atoms in total. The van der Waals surface area contributed by atoms with Crippen molar-refractivity contribution in [1.82, 2.24) is 5.16 Å². The van der Waals surface area contributed by atoms with E-state index in [0.29, 0.717) is 28.6 Å². The third kappa shape index (κ3) is 4.11. The second-order valence-electron chi connectivity index (χ2n) is 5.84. The Kier molecular flexibility index (Phi) is 5.16. The van der Waals surface area contributed by atoms with Crippen molar-refractivity contribution in [3.63, 3.8) is 0 Å². The van der Waals surface area contributed by atoms with Gasteiger partial charge >= 0.3 is 0 Å². The predicted octanol–water partition coefficient (Wildman–Crippen LogP) is 4.54. The second kappa shape index (κ2) is 7.53. The molecule has 8 heteroatoms. The lowest BCUT2D eigenvalue weighted by atomic mass is 10.1. The molecule has 0 aliphatic heterocycles. The Bertz CT molecular complexity index is 1000. The molecule has 0 atom stereocenters. The molecule has 140 valence electrons. The zero-order valence-corrected chi connectivity index (χ0v) is 14.5. The van der Waals surface area contributed by atoms with E-state index >= 15 is 0 Å². The molecule has 1 aromatic heterocycles. The van der Waals surface area contributed by atoms with Gasteiger partial charge in [0.25, 0.3) is 5.91 Å². The summed E-state index contributed by atoms with van der Waals surface area (Å²) in [6, 6.07) is 6.84. The lowest BCUT2D eigenvalue weighted by Gasteiger charge is -2.09. The Balaban J connectivity index is 1.78. The summed E-state index contributed by atoms with van der Waals surface area (Å²) in [4.78, 5) is 12.5. The number of halogens is 3. The van der Waals surface area contributed by atoms with E-state index in [9.17, 15) is 18.0 Å². The molecule has 2 aromatic carbocycles. The highest BCUT2D eigenvalue weighted by Crippen LogP contribution is 2.23. The molecule has 0 aliphatic rings. The SMILES string of the molecule is Cc1cc(F)ccc1NC(=O)c1noc(C)c1COc1ccc(F)cc1F. The monoisotopic (exact) mass is 376 g/mol. The number of aryl methyl sites for hydroxylation is 2. The smallest absolute Gasteiger partial charge is 0.278 e. The fourth-order valence-corrected chi connectivity index (χ4v) is 2.43. The van der Waals surface area contributed by atoms with Gasteiger partial charge in [-0.3, -0.25) is 4.79 Å². The van der Waals surface area contributed by atoms with Crippen LogP contribution in [0.1, 0.15) is 27.4 Å². The number of anilines is 1. The Labute approximate surface area is 152 Å². The van der Waals surface area contributed by atoms with Crippen molar-refractivity contribution in [3.05, 3.63) is 76.4 Å². The first-order chi connectivity index (χ1) is 12.8. The van der Waals surface area contributed by atoms with Gasteiger partial charge in [-0.2, -0.15) is 0 Å².